The third kappa shape index (κ3) is 3.25. The van der Waals surface area contributed by atoms with Gasteiger partial charge in [-0.1, -0.05) is 0 Å². The van der Waals surface area contributed by atoms with Gasteiger partial charge in [-0.05, 0) is 13.0 Å². The molecule has 18 heavy (non-hydrogen) atoms. The summed E-state index contributed by atoms with van der Waals surface area (Å²) < 4.78 is 37.1. The maximum atomic E-state index is 11.9. The minimum atomic E-state index is -4.90. The minimum Gasteiger partial charge on any atom is -0.478 e. The smallest absolute Gasteiger partial charge is 0.471 e. The summed E-state index contributed by atoms with van der Waals surface area (Å²) >= 11 is 0. The summed E-state index contributed by atoms with van der Waals surface area (Å²) in [5, 5.41) is 10.5. The van der Waals surface area contributed by atoms with Gasteiger partial charge in [-0.25, -0.2) is 4.79 Å². The summed E-state index contributed by atoms with van der Waals surface area (Å²) in [4.78, 5) is 21.2. The van der Waals surface area contributed by atoms with Crippen LogP contribution in [0.4, 0.5) is 13.2 Å². The van der Waals surface area contributed by atoms with Gasteiger partial charge in [0.05, 0.1) is 5.56 Å². The van der Waals surface area contributed by atoms with Crippen molar-refractivity contribution in [1.82, 2.24) is 9.88 Å². The van der Waals surface area contributed by atoms with Gasteiger partial charge in [0.2, 0.25) is 0 Å². The van der Waals surface area contributed by atoms with Crippen LogP contribution in [0.25, 0.3) is 0 Å². The normalized spacial score (nSPS) is 11.3. The summed E-state index contributed by atoms with van der Waals surface area (Å²) in [6, 6.07) is 1.35. The van der Waals surface area contributed by atoms with Crippen LogP contribution in [0.15, 0.2) is 12.3 Å². The third-order valence-corrected chi connectivity index (χ3v) is 2.37. The first kappa shape index (κ1) is 14.1. The fraction of sp³-hybridized carbons (Fsp3) is 0.400. The molecule has 0 aliphatic carbocycles. The molecule has 5 nitrogen and oxygen atoms in total. The van der Waals surface area contributed by atoms with E-state index < -0.39 is 18.1 Å². The number of aromatic carboxylic acids is 1. The average molecular weight is 264 g/mol. The van der Waals surface area contributed by atoms with E-state index in [0.29, 0.717) is 5.69 Å². The highest BCUT2D eigenvalue weighted by molar-refractivity contribution is 5.89. The van der Waals surface area contributed by atoms with Crippen molar-refractivity contribution in [3.8, 4) is 0 Å². The lowest BCUT2D eigenvalue weighted by Crippen LogP contribution is -2.38. The number of carbonyl (C=O) groups excluding carboxylic acids is 1. The second kappa shape index (κ2) is 5.11. The Bertz CT molecular complexity index is 465. The molecular weight excluding hydrogens is 253 g/mol. The maximum Gasteiger partial charge on any atom is 0.471 e. The molecule has 1 amide bonds. The number of nitrogens with zero attached hydrogens (tertiary/aromatic N) is 1. The molecule has 0 unspecified atom stereocenters. The van der Waals surface area contributed by atoms with Gasteiger partial charge in [0, 0.05) is 25.0 Å². The Morgan fingerprint density at radius 3 is 2.50 bits per heavy atom. The van der Waals surface area contributed by atoms with Gasteiger partial charge in [0.25, 0.3) is 0 Å². The number of carboxylic acids is 1. The van der Waals surface area contributed by atoms with Crippen LogP contribution in [0.1, 0.15) is 16.1 Å². The Kier molecular flexibility index (Phi) is 4.00. The number of rotatable bonds is 4. The topological polar surface area (TPSA) is 71.3 Å². The van der Waals surface area contributed by atoms with Crippen molar-refractivity contribution in [3.05, 3.63) is 23.5 Å². The molecule has 100 valence electrons. The number of carboxylic acid groups (broad SMARTS) is 1. The van der Waals surface area contributed by atoms with Crippen molar-refractivity contribution in [2.24, 2.45) is 0 Å². The number of carbonyl (C=O) groups is 2. The summed E-state index contributed by atoms with van der Waals surface area (Å²) in [5.74, 6) is -3.11. The molecule has 0 aromatic carbocycles. The van der Waals surface area contributed by atoms with Gasteiger partial charge < -0.3 is 15.0 Å². The molecule has 0 bridgehead atoms. The summed E-state index contributed by atoms with van der Waals surface area (Å²) in [6.45, 7) is 1.38. The molecule has 8 heteroatoms. The van der Waals surface area contributed by atoms with Crippen molar-refractivity contribution < 1.29 is 27.9 Å². The fourth-order valence-corrected chi connectivity index (χ4v) is 1.41. The van der Waals surface area contributed by atoms with Crippen molar-refractivity contribution in [2.45, 2.75) is 19.6 Å². The third-order valence-electron chi connectivity index (χ3n) is 2.37. The van der Waals surface area contributed by atoms with Crippen molar-refractivity contribution in [3.63, 3.8) is 0 Å². The monoisotopic (exact) mass is 264 g/mol. The Hall–Kier alpha value is -1.99. The van der Waals surface area contributed by atoms with Gasteiger partial charge in [-0.3, -0.25) is 4.79 Å². The average Bonchev–Trinajstić information content (AvgIpc) is 2.59. The summed E-state index contributed by atoms with van der Waals surface area (Å²) in [6.07, 6.45) is -3.46. The largest absolute Gasteiger partial charge is 0.478 e. The number of hydrogen-bond acceptors (Lipinski definition) is 2. The zero-order valence-corrected chi connectivity index (χ0v) is 9.41. The van der Waals surface area contributed by atoms with E-state index >= 15 is 0 Å². The first-order valence-electron chi connectivity index (χ1n) is 4.97. The molecule has 1 aromatic heterocycles. The lowest BCUT2D eigenvalue weighted by Gasteiger charge is -2.09. The molecule has 1 heterocycles. The molecule has 0 saturated carbocycles. The summed E-state index contributed by atoms with van der Waals surface area (Å²) in [5.41, 5.74) is 0.501. The highest BCUT2D eigenvalue weighted by Gasteiger charge is 2.38. The predicted octanol–water partition coefficient (Wildman–Crippen LogP) is 1.17. The Labute approximate surface area is 100 Å². The van der Waals surface area contributed by atoms with E-state index in [1.54, 1.807) is 5.32 Å². The van der Waals surface area contributed by atoms with Crippen LogP contribution in [0.5, 0.6) is 0 Å². The van der Waals surface area contributed by atoms with Crippen LogP contribution in [0.2, 0.25) is 0 Å². The molecule has 0 atom stereocenters. The second-order valence-corrected chi connectivity index (χ2v) is 3.57. The molecule has 0 spiro atoms. The second-order valence-electron chi connectivity index (χ2n) is 3.57. The van der Waals surface area contributed by atoms with Crippen LogP contribution >= 0.6 is 0 Å². The Morgan fingerprint density at radius 2 is 2.06 bits per heavy atom. The lowest BCUT2D eigenvalue weighted by molar-refractivity contribution is -0.173. The zero-order chi connectivity index (χ0) is 13.9. The number of hydrogen-bond donors (Lipinski definition) is 2. The minimum absolute atomic E-state index is 0.0704. The number of nitrogens with one attached hydrogen (secondary N) is 1. The first-order chi connectivity index (χ1) is 8.23. The molecule has 0 saturated heterocycles. The van der Waals surface area contributed by atoms with Crippen molar-refractivity contribution in [2.75, 3.05) is 6.54 Å². The van der Waals surface area contributed by atoms with Crippen LogP contribution < -0.4 is 5.32 Å². The molecular formula is C10H11F3N2O3. The van der Waals surface area contributed by atoms with E-state index in [0.717, 1.165) is 0 Å². The van der Waals surface area contributed by atoms with Crippen LogP contribution in [-0.2, 0) is 11.3 Å². The van der Waals surface area contributed by atoms with Gasteiger partial charge in [0.15, 0.2) is 0 Å². The molecule has 1 rings (SSSR count). The quantitative estimate of drug-likeness (QED) is 0.857. The highest BCUT2D eigenvalue weighted by atomic mass is 19.4. The van der Waals surface area contributed by atoms with E-state index in [9.17, 15) is 22.8 Å². The SMILES string of the molecule is Cc1c(C(=O)O)ccn1CCNC(=O)C(F)(F)F. The highest BCUT2D eigenvalue weighted by Crippen LogP contribution is 2.14. The van der Waals surface area contributed by atoms with Gasteiger partial charge in [0.1, 0.15) is 0 Å². The lowest BCUT2D eigenvalue weighted by atomic mass is 10.2. The molecule has 0 aliphatic rings. The standard InChI is InChI=1S/C10H11F3N2O3/c1-6-7(8(16)17)2-4-15(6)5-3-14-9(18)10(11,12)13/h2,4H,3,5H2,1H3,(H,14,18)(H,16,17). The molecule has 2 N–H and O–H groups in total. The van der Waals surface area contributed by atoms with Gasteiger partial charge in [-0.15, -0.1) is 0 Å². The van der Waals surface area contributed by atoms with Crippen LogP contribution in [0.3, 0.4) is 0 Å². The maximum absolute atomic E-state index is 11.9. The van der Waals surface area contributed by atoms with Gasteiger partial charge >= 0.3 is 18.1 Å². The van der Waals surface area contributed by atoms with Crippen LogP contribution in [-0.4, -0.2) is 34.3 Å². The van der Waals surface area contributed by atoms with E-state index in [1.165, 1.54) is 23.8 Å². The van der Waals surface area contributed by atoms with Crippen molar-refractivity contribution >= 4 is 11.9 Å². The zero-order valence-electron chi connectivity index (χ0n) is 9.41. The van der Waals surface area contributed by atoms with Crippen molar-refractivity contribution in [1.29, 1.82) is 0 Å². The number of aromatic nitrogens is 1. The number of alkyl halides is 3. The van der Waals surface area contributed by atoms with Gasteiger partial charge in [-0.2, -0.15) is 13.2 Å². The number of halogens is 3. The van der Waals surface area contributed by atoms with E-state index in [4.69, 9.17) is 5.11 Å². The van der Waals surface area contributed by atoms with Crippen LogP contribution in [0, 0.1) is 6.92 Å². The van der Waals surface area contributed by atoms with E-state index in [2.05, 4.69) is 0 Å². The summed E-state index contributed by atoms with van der Waals surface area (Å²) in [7, 11) is 0. The molecule has 1 aromatic rings. The number of amides is 1. The molecule has 0 aliphatic heterocycles. The molecule has 0 fully saturated rings. The Morgan fingerprint density at radius 1 is 1.44 bits per heavy atom. The van der Waals surface area contributed by atoms with E-state index in [1.807, 2.05) is 0 Å². The first-order valence-corrected chi connectivity index (χ1v) is 4.97. The fourth-order valence-electron chi connectivity index (χ4n) is 1.41. The molecule has 0 radical (unpaired) electrons. The Balaban J connectivity index is 2.55. The van der Waals surface area contributed by atoms with E-state index in [-0.39, 0.29) is 18.7 Å². The predicted molar refractivity (Wildman–Crippen MR) is 55.2 cm³/mol.